The molecule has 5 rings (SSSR count). The molecule has 0 spiro atoms. The average Bonchev–Trinajstić information content (AvgIpc) is 3.37. The van der Waals surface area contributed by atoms with Crippen molar-refractivity contribution in [2.75, 3.05) is 5.32 Å². The zero-order valence-electron chi connectivity index (χ0n) is 17.6. The summed E-state index contributed by atoms with van der Waals surface area (Å²) in [5, 5.41) is 3.41. The number of aromatic nitrogens is 2. The van der Waals surface area contributed by atoms with Crippen LogP contribution in [-0.4, -0.2) is 16.9 Å². The first-order valence-corrected chi connectivity index (χ1v) is 10.5. The second-order valence-electron chi connectivity index (χ2n) is 8.15. The zero-order valence-corrected chi connectivity index (χ0v) is 17.6. The van der Waals surface area contributed by atoms with Crippen LogP contribution in [0.15, 0.2) is 77.5 Å². The summed E-state index contributed by atoms with van der Waals surface area (Å²) in [5.74, 6) is 1.55. The minimum atomic E-state index is -0.378. The number of nitrogens with one attached hydrogen (secondary N) is 1. The third-order valence-corrected chi connectivity index (χ3v) is 5.62. The third-order valence-electron chi connectivity index (χ3n) is 5.62. The Kier molecular flexibility index (Phi) is 4.86. The standard InChI is InChI=1S/C26H23N3O2/c1-17-6-3-8-19(12-17)14-22-25-28-23(15-21-10-5-11-31-21)26(30)29(25)16-24(27-22)20-9-4-7-18(2)13-20/h3-13,16,23H,14-15H2,1-2H3/p+1. The molecule has 31 heavy (non-hydrogen) atoms. The Morgan fingerprint density at radius 3 is 2.58 bits per heavy atom. The van der Waals surface area contributed by atoms with E-state index in [1.807, 2.05) is 30.5 Å². The molecule has 2 aromatic carbocycles. The van der Waals surface area contributed by atoms with Gasteiger partial charge in [0.1, 0.15) is 23.3 Å². The van der Waals surface area contributed by atoms with E-state index in [1.165, 1.54) is 11.1 Å². The minimum Gasteiger partial charge on any atom is -0.469 e. The molecule has 0 amide bonds. The first-order valence-electron chi connectivity index (χ1n) is 10.5. The molecule has 2 aromatic heterocycles. The Balaban J connectivity index is 1.58. The van der Waals surface area contributed by atoms with Crippen LogP contribution in [0.5, 0.6) is 0 Å². The molecule has 0 saturated heterocycles. The molecule has 1 N–H and O–H groups in total. The Labute approximate surface area is 181 Å². The van der Waals surface area contributed by atoms with Gasteiger partial charge in [0.15, 0.2) is 0 Å². The van der Waals surface area contributed by atoms with Gasteiger partial charge in [0.05, 0.1) is 12.7 Å². The third kappa shape index (κ3) is 3.87. The number of anilines is 1. The zero-order chi connectivity index (χ0) is 21.4. The smallest absolute Gasteiger partial charge is 0.359 e. The van der Waals surface area contributed by atoms with Gasteiger partial charge in [-0.05, 0) is 37.6 Å². The normalized spacial score (nSPS) is 15.0. The topological polar surface area (TPSA) is 59.0 Å². The van der Waals surface area contributed by atoms with E-state index in [2.05, 4.69) is 55.6 Å². The van der Waals surface area contributed by atoms with Gasteiger partial charge in [-0.3, -0.25) is 5.32 Å². The summed E-state index contributed by atoms with van der Waals surface area (Å²) in [7, 11) is 0. The summed E-state index contributed by atoms with van der Waals surface area (Å²) < 4.78 is 7.20. The number of hydrogen-bond acceptors (Lipinski definition) is 4. The molecular weight excluding hydrogens is 386 g/mol. The molecule has 0 saturated carbocycles. The number of aryl methyl sites for hydroxylation is 2. The SMILES string of the molecule is Cc1cccc(Cc2nc(-c3cccc(C)c3)c[n+]3c2NC(Cc2ccco2)C3=O)c1. The van der Waals surface area contributed by atoms with Gasteiger partial charge in [0.25, 0.3) is 0 Å². The van der Waals surface area contributed by atoms with E-state index in [-0.39, 0.29) is 11.9 Å². The predicted octanol–water partition coefficient (Wildman–Crippen LogP) is 4.51. The van der Waals surface area contributed by atoms with Crippen LogP contribution < -0.4 is 9.88 Å². The molecule has 5 heteroatoms. The molecular formula is C26H24N3O2+. The largest absolute Gasteiger partial charge is 0.469 e. The van der Waals surface area contributed by atoms with Crippen LogP contribution in [-0.2, 0) is 12.8 Å². The van der Waals surface area contributed by atoms with Crippen molar-refractivity contribution in [2.45, 2.75) is 32.7 Å². The van der Waals surface area contributed by atoms with Crippen LogP contribution in [0, 0.1) is 13.8 Å². The summed E-state index contributed by atoms with van der Waals surface area (Å²) in [4.78, 5) is 18.3. The summed E-state index contributed by atoms with van der Waals surface area (Å²) in [6.45, 7) is 4.14. The minimum absolute atomic E-state index is 0.00759. The van der Waals surface area contributed by atoms with E-state index in [1.54, 1.807) is 10.8 Å². The molecule has 0 radical (unpaired) electrons. The molecule has 1 atom stereocenters. The Hall–Kier alpha value is -3.73. The van der Waals surface area contributed by atoms with E-state index in [0.29, 0.717) is 12.8 Å². The first-order chi connectivity index (χ1) is 15.1. The highest BCUT2D eigenvalue weighted by Gasteiger charge is 2.41. The maximum absolute atomic E-state index is 13.3. The van der Waals surface area contributed by atoms with Crippen LogP contribution in [0.3, 0.4) is 0 Å². The molecule has 5 nitrogen and oxygen atoms in total. The summed E-state index contributed by atoms with van der Waals surface area (Å²) in [5.41, 5.74) is 6.19. The number of fused-ring (bicyclic) bond motifs is 1. The van der Waals surface area contributed by atoms with Gasteiger partial charge in [0, 0.05) is 12.0 Å². The first kappa shape index (κ1) is 19.2. The summed E-state index contributed by atoms with van der Waals surface area (Å²) in [6.07, 6.45) is 4.62. The molecule has 154 valence electrons. The number of nitrogens with zero attached hydrogens (tertiary/aromatic N) is 2. The van der Waals surface area contributed by atoms with Crippen molar-refractivity contribution in [1.29, 1.82) is 0 Å². The van der Waals surface area contributed by atoms with Crippen molar-refractivity contribution < 1.29 is 13.8 Å². The highest BCUT2D eigenvalue weighted by molar-refractivity contribution is 5.82. The van der Waals surface area contributed by atoms with Crippen LogP contribution in [0.2, 0.25) is 0 Å². The molecule has 1 aliphatic heterocycles. The van der Waals surface area contributed by atoms with Crippen LogP contribution >= 0.6 is 0 Å². The number of hydrogen-bond donors (Lipinski definition) is 1. The van der Waals surface area contributed by atoms with E-state index in [0.717, 1.165) is 34.1 Å². The van der Waals surface area contributed by atoms with Gasteiger partial charge in [-0.1, -0.05) is 53.6 Å². The molecule has 0 aliphatic carbocycles. The van der Waals surface area contributed by atoms with Crippen LogP contribution in [0.25, 0.3) is 11.3 Å². The van der Waals surface area contributed by atoms with Crippen molar-refractivity contribution in [3.63, 3.8) is 0 Å². The quantitative estimate of drug-likeness (QED) is 0.492. The highest BCUT2D eigenvalue weighted by atomic mass is 16.3. The fourth-order valence-electron chi connectivity index (χ4n) is 4.12. The average molecular weight is 410 g/mol. The Bertz CT molecular complexity index is 1260. The van der Waals surface area contributed by atoms with Gasteiger partial charge >= 0.3 is 11.7 Å². The van der Waals surface area contributed by atoms with Crippen molar-refractivity contribution >= 4 is 11.7 Å². The van der Waals surface area contributed by atoms with Crippen LogP contribution in [0.4, 0.5) is 5.82 Å². The predicted molar refractivity (Wildman–Crippen MR) is 119 cm³/mol. The molecule has 0 bridgehead atoms. The second-order valence-corrected chi connectivity index (χ2v) is 8.15. The lowest BCUT2D eigenvalue weighted by atomic mass is 10.1. The molecule has 4 aromatic rings. The fourth-order valence-corrected chi connectivity index (χ4v) is 4.12. The molecule has 3 heterocycles. The Morgan fingerprint density at radius 1 is 1.03 bits per heavy atom. The van der Waals surface area contributed by atoms with Gasteiger partial charge in [-0.25, -0.2) is 9.78 Å². The van der Waals surface area contributed by atoms with Gasteiger partial charge in [0.2, 0.25) is 6.04 Å². The highest BCUT2D eigenvalue weighted by Crippen LogP contribution is 2.25. The summed E-state index contributed by atoms with van der Waals surface area (Å²) >= 11 is 0. The Morgan fingerprint density at radius 2 is 1.84 bits per heavy atom. The van der Waals surface area contributed by atoms with E-state index in [9.17, 15) is 4.79 Å². The van der Waals surface area contributed by atoms with Gasteiger partial charge in [-0.2, -0.15) is 4.57 Å². The van der Waals surface area contributed by atoms with Crippen molar-refractivity contribution in [1.82, 2.24) is 4.98 Å². The maximum Gasteiger partial charge on any atom is 0.359 e. The van der Waals surface area contributed by atoms with Crippen LogP contribution in [0.1, 0.15) is 32.9 Å². The number of rotatable bonds is 5. The van der Waals surface area contributed by atoms with Crippen molar-refractivity contribution in [2.24, 2.45) is 0 Å². The van der Waals surface area contributed by atoms with Gasteiger partial charge in [-0.15, -0.1) is 0 Å². The summed E-state index contributed by atoms with van der Waals surface area (Å²) in [6, 6.07) is 20.0. The fraction of sp³-hybridized carbons (Fsp3) is 0.192. The maximum atomic E-state index is 13.3. The van der Waals surface area contributed by atoms with E-state index >= 15 is 0 Å². The molecule has 1 unspecified atom stereocenters. The molecule has 1 aliphatic rings. The van der Waals surface area contributed by atoms with E-state index in [4.69, 9.17) is 9.40 Å². The van der Waals surface area contributed by atoms with E-state index < -0.39 is 0 Å². The monoisotopic (exact) mass is 410 g/mol. The number of carbonyl (C=O) groups excluding carboxylic acids is 1. The number of carbonyl (C=O) groups is 1. The second kappa shape index (κ2) is 7.84. The molecule has 0 fully saturated rings. The number of furan rings is 1. The number of benzene rings is 2. The van der Waals surface area contributed by atoms with Crippen molar-refractivity contribution in [3.8, 4) is 11.3 Å². The lowest BCUT2D eigenvalue weighted by Gasteiger charge is -2.08. The lowest BCUT2D eigenvalue weighted by Crippen LogP contribution is -2.44. The lowest BCUT2D eigenvalue weighted by molar-refractivity contribution is -0.552. The van der Waals surface area contributed by atoms with Crippen molar-refractivity contribution in [3.05, 3.63) is 101 Å². The van der Waals surface area contributed by atoms with Gasteiger partial charge < -0.3 is 4.42 Å².